The minimum absolute atomic E-state index is 0.0819. The van der Waals surface area contributed by atoms with Crippen LogP contribution in [-0.4, -0.2) is 61.5 Å². The van der Waals surface area contributed by atoms with Gasteiger partial charge in [0, 0.05) is 38.7 Å². The molecular weight excluding hydrogens is 252 g/mol. The van der Waals surface area contributed by atoms with Crippen LogP contribution in [0, 0.1) is 5.92 Å². The summed E-state index contributed by atoms with van der Waals surface area (Å²) in [5.41, 5.74) is -0.188. The van der Waals surface area contributed by atoms with Crippen molar-refractivity contribution >= 4 is 0 Å². The van der Waals surface area contributed by atoms with Crippen molar-refractivity contribution in [2.75, 3.05) is 33.3 Å². The zero-order valence-electron chi connectivity index (χ0n) is 14.0. The van der Waals surface area contributed by atoms with E-state index in [-0.39, 0.29) is 11.2 Å². The third-order valence-electron chi connectivity index (χ3n) is 5.01. The molecule has 4 heteroatoms. The van der Waals surface area contributed by atoms with E-state index in [0.29, 0.717) is 18.1 Å². The largest absolute Gasteiger partial charge is 0.380 e. The molecular formula is C16H32N2O2. The van der Waals surface area contributed by atoms with Crippen LogP contribution in [0.3, 0.4) is 0 Å². The average molecular weight is 284 g/mol. The lowest BCUT2D eigenvalue weighted by atomic mass is 9.82. The van der Waals surface area contributed by atoms with E-state index in [1.807, 2.05) is 7.11 Å². The Hall–Kier alpha value is -0.160. The Bertz CT molecular complexity index is 330. The summed E-state index contributed by atoms with van der Waals surface area (Å²) >= 11 is 0. The second kappa shape index (κ2) is 5.91. The summed E-state index contributed by atoms with van der Waals surface area (Å²) in [6.07, 6.45) is 1.56. The summed E-state index contributed by atoms with van der Waals surface area (Å²) in [5.74, 6) is 0.507. The van der Waals surface area contributed by atoms with Gasteiger partial charge < -0.3 is 19.7 Å². The van der Waals surface area contributed by atoms with Crippen LogP contribution in [0.15, 0.2) is 0 Å². The number of nitrogens with zero attached hydrogens (tertiary/aromatic N) is 1. The van der Waals surface area contributed by atoms with Crippen LogP contribution < -0.4 is 5.32 Å². The molecule has 0 saturated carbocycles. The van der Waals surface area contributed by atoms with E-state index in [1.165, 1.54) is 0 Å². The molecule has 3 atom stereocenters. The normalized spacial score (nSPS) is 36.6. The van der Waals surface area contributed by atoms with Crippen molar-refractivity contribution in [3.63, 3.8) is 0 Å². The van der Waals surface area contributed by atoms with Crippen LogP contribution in [0.25, 0.3) is 0 Å². The number of methoxy groups -OCH3 is 1. The Balaban J connectivity index is 2.07. The van der Waals surface area contributed by atoms with Crippen molar-refractivity contribution in [3.05, 3.63) is 0 Å². The lowest BCUT2D eigenvalue weighted by molar-refractivity contribution is -0.0794. The van der Waals surface area contributed by atoms with Crippen LogP contribution in [0.4, 0.5) is 0 Å². The fourth-order valence-electron chi connectivity index (χ4n) is 4.07. The molecule has 2 heterocycles. The molecule has 2 saturated heterocycles. The molecule has 2 aliphatic heterocycles. The number of likely N-dealkylation sites (N-methyl/N-ethyl adjacent to an activating group) is 1. The van der Waals surface area contributed by atoms with Gasteiger partial charge in [-0.1, -0.05) is 6.92 Å². The van der Waals surface area contributed by atoms with E-state index >= 15 is 0 Å². The van der Waals surface area contributed by atoms with Gasteiger partial charge in [0.1, 0.15) is 0 Å². The summed E-state index contributed by atoms with van der Waals surface area (Å²) in [7, 11) is 1.82. The highest BCUT2D eigenvalue weighted by molar-refractivity contribution is 5.06. The molecule has 0 aromatic carbocycles. The minimum atomic E-state index is -0.107. The van der Waals surface area contributed by atoms with E-state index in [4.69, 9.17) is 9.47 Å². The van der Waals surface area contributed by atoms with Gasteiger partial charge in [-0.2, -0.15) is 0 Å². The summed E-state index contributed by atoms with van der Waals surface area (Å²) in [5, 5.41) is 3.66. The number of nitrogens with one attached hydrogen (secondary N) is 1. The summed E-state index contributed by atoms with van der Waals surface area (Å²) in [6.45, 7) is 15.4. The SMILES string of the molecule is CCNC1C(CN2CCC(OC)C2)C(C)(C)OC1(C)C. The molecule has 0 spiro atoms. The zero-order valence-corrected chi connectivity index (χ0v) is 14.0. The zero-order chi connectivity index (χ0) is 15.0. The van der Waals surface area contributed by atoms with E-state index in [0.717, 1.165) is 32.6 Å². The number of rotatable bonds is 5. The third kappa shape index (κ3) is 3.19. The number of hydrogen-bond donors (Lipinski definition) is 1. The fraction of sp³-hybridized carbons (Fsp3) is 1.00. The van der Waals surface area contributed by atoms with Gasteiger partial charge >= 0.3 is 0 Å². The molecule has 20 heavy (non-hydrogen) atoms. The fourth-order valence-corrected chi connectivity index (χ4v) is 4.07. The molecule has 1 N–H and O–H groups in total. The molecule has 0 aromatic rings. The molecule has 0 radical (unpaired) electrons. The predicted octanol–water partition coefficient (Wildman–Crippen LogP) is 1.89. The average Bonchev–Trinajstić information content (AvgIpc) is 2.85. The Morgan fingerprint density at radius 1 is 1.25 bits per heavy atom. The van der Waals surface area contributed by atoms with Gasteiger partial charge in [0.2, 0.25) is 0 Å². The number of hydrogen-bond acceptors (Lipinski definition) is 4. The second-order valence-corrected chi connectivity index (χ2v) is 7.36. The summed E-state index contributed by atoms with van der Waals surface area (Å²) in [4.78, 5) is 2.54. The van der Waals surface area contributed by atoms with E-state index < -0.39 is 0 Å². The van der Waals surface area contributed by atoms with Crippen molar-refractivity contribution in [1.82, 2.24) is 10.2 Å². The van der Waals surface area contributed by atoms with Crippen molar-refractivity contribution in [3.8, 4) is 0 Å². The van der Waals surface area contributed by atoms with Gasteiger partial charge in [-0.15, -0.1) is 0 Å². The molecule has 0 aromatic heterocycles. The van der Waals surface area contributed by atoms with Crippen LogP contribution >= 0.6 is 0 Å². The highest BCUT2D eigenvalue weighted by atomic mass is 16.5. The molecule has 2 aliphatic rings. The van der Waals surface area contributed by atoms with Gasteiger partial charge in [0.15, 0.2) is 0 Å². The predicted molar refractivity (Wildman–Crippen MR) is 82.1 cm³/mol. The van der Waals surface area contributed by atoms with Crippen molar-refractivity contribution in [2.24, 2.45) is 5.92 Å². The molecule has 2 rings (SSSR count). The van der Waals surface area contributed by atoms with Crippen molar-refractivity contribution in [2.45, 2.75) is 64.4 Å². The quantitative estimate of drug-likeness (QED) is 0.836. The van der Waals surface area contributed by atoms with E-state index in [1.54, 1.807) is 0 Å². The van der Waals surface area contributed by atoms with Crippen LogP contribution in [0.1, 0.15) is 41.0 Å². The van der Waals surface area contributed by atoms with Crippen LogP contribution in [-0.2, 0) is 9.47 Å². The van der Waals surface area contributed by atoms with Gasteiger partial charge in [-0.05, 0) is 40.7 Å². The monoisotopic (exact) mass is 284 g/mol. The van der Waals surface area contributed by atoms with Gasteiger partial charge in [-0.25, -0.2) is 0 Å². The first-order chi connectivity index (χ1) is 9.30. The standard InChI is InChI=1S/C16H32N2O2/c1-7-17-14-13(15(2,3)20-16(14,4)5)11-18-9-8-12(10-18)19-6/h12-14,17H,7-11H2,1-6H3. The highest BCUT2D eigenvalue weighted by Gasteiger charge is 2.53. The first kappa shape index (κ1) is 16.2. The molecule has 4 nitrogen and oxygen atoms in total. The maximum atomic E-state index is 6.36. The Morgan fingerprint density at radius 2 is 1.95 bits per heavy atom. The third-order valence-corrected chi connectivity index (χ3v) is 5.01. The maximum absolute atomic E-state index is 6.36. The minimum Gasteiger partial charge on any atom is -0.380 e. The Labute approximate surface area is 124 Å². The Morgan fingerprint density at radius 3 is 2.50 bits per heavy atom. The maximum Gasteiger partial charge on any atom is 0.0790 e. The smallest absolute Gasteiger partial charge is 0.0790 e. The molecule has 0 aliphatic carbocycles. The first-order valence-corrected chi connectivity index (χ1v) is 7.99. The molecule has 118 valence electrons. The van der Waals surface area contributed by atoms with Crippen molar-refractivity contribution < 1.29 is 9.47 Å². The topological polar surface area (TPSA) is 33.7 Å². The molecule has 2 fully saturated rings. The number of ether oxygens (including phenoxy) is 2. The van der Waals surface area contributed by atoms with Gasteiger partial charge in [-0.3, -0.25) is 0 Å². The van der Waals surface area contributed by atoms with Crippen molar-refractivity contribution in [1.29, 1.82) is 0 Å². The second-order valence-electron chi connectivity index (χ2n) is 7.36. The first-order valence-electron chi connectivity index (χ1n) is 7.99. The van der Waals surface area contributed by atoms with Gasteiger partial charge in [0.25, 0.3) is 0 Å². The molecule has 0 bridgehead atoms. The number of likely N-dealkylation sites (tertiary alicyclic amines) is 1. The lowest BCUT2D eigenvalue weighted by Crippen LogP contribution is -2.50. The Kier molecular flexibility index (Phi) is 4.80. The lowest BCUT2D eigenvalue weighted by Gasteiger charge is -2.33. The van der Waals surface area contributed by atoms with E-state index in [2.05, 4.69) is 44.8 Å². The molecule has 3 unspecified atom stereocenters. The molecule has 0 amide bonds. The van der Waals surface area contributed by atoms with E-state index in [9.17, 15) is 0 Å². The highest BCUT2D eigenvalue weighted by Crippen LogP contribution is 2.42. The van der Waals surface area contributed by atoms with Crippen LogP contribution in [0.5, 0.6) is 0 Å². The summed E-state index contributed by atoms with van der Waals surface area (Å²) < 4.78 is 11.8. The van der Waals surface area contributed by atoms with Crippen LogP contribution in [0.2, 0.25) is 0 Å². The summed E-state index contributed by atoms with van der Waals surface area (Å²) in [6, 6.07) is 0.407. The van der Waals surface area contributed by atoms with Gasteiger partial charge in [0.05, 0.1) is 17.3 Å².